The second kappa shape index (κ2) is 2.91. The van der Waals surface area contributed by atoms with Gasteiger partial charge in [-0.05, 0) is 24.4 Å². The van der Waals surface area contributed by atoms with Crippen molar-refractivity contribution in [3.63, 3.8) is 0 Å². The van der Waals surface area contributed by atoms with E-state index < -0.39 is 0 Å². The zero-order valence-electron chi connectivity index (χ0n) is 6.29. The van der Waals surface area contributed by atoms with E-state index in [2.05, 4.69) is 4.98 Å². The van der Waals surface area contributed by atoms with E-state index in [1.165, 1.54) is 0 Å². The molecule has 0 aliphatic rings. The highest BCUT2D eigenvalue weighted by atomic mass is 32.1. The summed E-state index contributed by atoms with van der Waals surface area (Å²) >= 11 is 5.18. The fourth-order valence-electron chi connectivity index (χ4n) is 0.968. The molecule has 0 saturated carbocycles. The number of thiocarbonyl (C=S) groups is 1. The molecule has 0 atom stereocenters. The molecule has 0 amide bonds. The average Bonchev–Trinajstić information content (AvgIpc) is 2.77. The fraction of sp³-hybridized carbons (Fsp3) is 0. The van der Waals surface area contributed by atoms with Gasteiger partial charge in [0, 0.05) is 24.8 Å². The molecule has 0 fully saturated rings. The molecule has 0 bridgehead atoms. The lowest BCUT2D eigenvalue weighted by Crippen LogP contribution is -2.15. The Balaban J connectivity index is 2.34. The Morgan fingerprint density at radius 3 is 2.42 bits per heavy atom. The highest BCUT2D eigenvalue weighted by molar-refractivity contribution is 7.80. The Bertz CT molecular complexity index is 325. The van der Waals surface area contributed by atoms with Crippen molar-refractivity contribution in [2.75, 3.05) is 0 Å². The molecule has 0 radical (unpaired) electrons. The van der Waals surface area contributed by atoms with Crippen LogP contribution in [0.3, 0.4) is 0 Å². The Morgan fingerprint density at radius 1 is 1.08 bits per heavy atom. The average molecular weight is 177 g/mol. The second-order valence-corrected chi connectivity index (χ2v) is 2.71. The summed E-state index contributed by atoms with van der Waals surface area (Å²) in [6.45, 7) is 0. The molecule has 0 saturated heterocycles. The van der Waals surface area contributed by atoms with Gasteiger partial charge in [0.15, 0.2) is 5.11 Å². The predicted molar refractivity (Wildman–Crippen MR) is 50.1 cm³/mol. The molecule has 2 rings (SSSR count). The minimum absolute atomic E-state index is 0.706. The monoisotopic (exact) mass is 177 g/mol. The molecule has 0 N–H and O–H groups in total. The lowest BCUT2D eigenvalue weighted by atomic mass is 10.7. The molecule has 0 unspecified atom stereocenters. The van der Waals surface area contributed by atoms with E-state index in [4.69, 9.17) is 12.2 Å². The SMILES string of the molecule is S=C(n1cccc1)n1ccnc1. The van der Waals surface area contributed by atoms with Crippen LogP contribution in [0.4, 0.5) is 0 Å². The van der Waals surface area contributed by atoms with E-state index in [1.54, 1.807) is 17.1 Å². The first-order valence-electron chi connectivity index (χ1n) is 3.53. The molecule has 2 heterocycles. The number of hydrogen-bond acceptors (Lipinski definition) is 2. The van der Waals surface area contributed by atoms with Crippen molar-refractivity contribution in [1.82, 2.24) is 14.1 Å². The van der Waals surface area contributed by atoms with Crippen molar-refractivity contribution in [2.45, 2.75) is 0 Å². The summed E-state index contributed by atoms with van der Waals surface area (Å²) in [4.78, 5) is 3.92. The number of nitrogens with zero attached hydrogens (tertiary/aromatic N) is 3. The van der Waals surface area contributed by atoms with Crippen LogP contribution >= 0.6 is 12.2 Å². The standard InChI is InChI=1S/C8H7N3S/c12-8(10-4-1-2-5-10)11-6-3-9-7-11/h1-7H. The normalized spacial score (nSPS) is 10.0. The molecule has 0 aliphatic heterocycles. The van der Waals surface area contributed by atoms with Crippen molar-refractivity contribution in [3.8, 4) is 0 Å². The fourth-order valence-corrected chi connectivity index (χ4v) is 1.20. The van der Waals surface area contributed by atoms with Crippen molar-refractivity contribution in [2.24, 2.45) is 0 Å². The van der Waals surface area contributed by atoms with Gasteiger partial charge in [-0.15, -0.1) is 0 Å². The van der Waals surface area contributed by atoms with Crippen LogP contribution < -0.4 is 0 Å². The topological polar surface area (TPSA) is 22.8 Å². The van der Waals surface area contributed by atoms with E-state index in [-0.39, 0.29) is 0 Å². The van der Waals surface area contributed by atoms with Crippen molar-refractivity contribution in [1.29, 1.82) is 0 Å². The van der Waals surface area contributed by atoms with Gasteiger partial charge < -0.3 is 4.57 Å². The van der Waals surface area contributed by atoms with E-state index in [0.29, 0.717) is 5.11 Å². The van der Waals surface area contributed by atoms with Crippen molar-refractivity contribution >= 4 is 17.3 Å². The molecule has 2 aromatic rings. The lowest BCUT2D eigenvalue weighted by molar-refractivity contribution is 1.04. The Kier molecular flexibility index (Phi) is 1.75. The maximum atomic E-state index is 5.18. The smallest absolute Gasteiger partial charge is 0.189 e. The maximum absolute atomic E-state index is 5.18. The Hall–Kier alpha value is -1.42. The first-order chi connectivity index (χ1) is 5.88. The van der Waals surface area contributed by atoms with E-state index in [1.807, 2.05) is 35.3 Å². The highest BCUT2D eigenvalue weighted by Gasteiger charge is 1.98. The molecule has 60 valence electrons. The van der Waals surface area contributed by atoms with Crippen LogP contribution in [0, 0.1) is 0 Å². The predicted octanol–water partition coefficient (Wildman–Crippen LogP) is 1.37. The second-order valence-electron chi connectivity index (χ2n) is 2.34. The van der Waals surface area contributed by atoms with E-state index in [9.17, 15) is 0 Å². The van der Waals surface area contributed by atoms with Gasteiger partial charge >= 0.3 is 0 Å². The summed E-state index contributed by atoms with van der Waals surface area (Å²) in [5, 5.41) is 0.706. The van der Waals surface area contributed by atoms with Gasteiger partial charge in [-0.1, -0.05) is 0 Å². The first-order valence-corrected chi connectivity index (χ1v) is 3.94. The van der Waals surface area contributed by atoms with Crippen LogP contribution in [0.2, 0.25) is 0 Å². The zero-order chi connectivity index (χ0) is 8.39. The van der Waals surface area contributed by atoms with Gasteiger partial charge in [0.05, 0.1) is 0 Å². The van der Waals surface area contributed by atoms with Crippen LogP contribution in [-0.4, -0.2) is 19.2 Å². The molecule has 0 aliphatic carbocycles. The summed E-state index contributed by atoms with van der Waals surface area (Å²) < 4.78 is 3.65. The summed E-state index contributed by atoms with van der Waals surface area (Å²) in [6, 6.07) is 3.87. The quantitative estimate of drug-likeness (QED) is 0.567. The molecule has 0 spiro atoms. The summed E-state index contributed by atoms with van der Waals surface area (Å²) in [5.41, 5.74) is 0. The molecular weight excluding hydrogens is 170 g/mol. The van der Waals surface area contributed by atoms with Crippen LogP contribution in [-0.2, 0) is 0 Å². The summed E-state index contributed by atoms with van der Waals surface area (Å²) in [5.74, 6) is 0. The van der Waals surface area contributed by atoms with Crippen molar-refractivity contribution in [3.05, 3.63) is 43.2 Å². The minimum atomic E-state index is 0.706. The third-order valence-corrected chi connectivity index (χ3v) is 1.97. The first kappa shape index (κ1) is 7.24. The molecule has 3 nitrogen and oxygen atoms in total. The Morgan fingerprint density at radius 2 is 1.83 bits per heavy atom. The molecule has 12 heavy (non-hydrogen) atoms. The maximum Gasteiger partial charge on any atom is 0.189 e. The van der Waals surface area contributed by atoms with Gasteiger partial charge in [0.1, 0.15) is 6.33 Å². The number of imidazole rings is 1. The molecular formula is C8H7N3S. The molecule has 4 heteroatoms. The van der Waals surface area contributed by atoms with Gasteiger partial charge in [-0.2, -0.15) is 0 Å². The Labute approximate surface area is 75.3 Å². The molecule has 2 aromatic heterocycles. The summed E-state index contributed by atoms with van der Waals surface area (Å²) in [6.07, 6.45) is 9.02. The van der Waals surface area contributed by atoms with Gasteiger partial charge in [-0.25, -0.2) is 4.98 Å². The van der Waals surface area contributed by atoms with E-state index in [0.717, 1.165) is 0 Å². The largest absolute Gasteiger partial charge is 0.301 e. The van der Waals surface area contributed by atoms with Gasteiger partial charge in [-0.3, -0.25) is 4.57 Å². The zero-order valence-corrected chi connectivity index (χ0v) is 7.11. The van der Waals surface area contributed by atoms with Crippen LogP contribution in [0.15, 0.2) is 43.2 Å². The lowest BCUT2D eigenvalue weighted by Gasteiger charge is -2.03. The molecule has 0 aromatic carbocycles. The third-order valence-electron chi connectivity index (χ3n) is 1.55. The third kappa shape index (κ3) is 1.16. The number of aromatic nitrogens is 3. The summed E-state index contributed by atoms with van der Waals surface area (Å²) in [7, 11) is 0. The van der Waals surface area contributed by atoms with Gasteiger partial charge in [0.25, 0.3) is 0 Å². The number of rotatable bonds is 0. The highest BCUT2D eigenvalue weighted by Crippen LogP contribution is 1.94. The van der Waals surface area contributed by atoms with Crippen LogP contribution in [0.25, 0.3) is 0 Å². The number of hydrogen-bond donors (Lipinski definition) is 0. The van der Waals surface area contributed by atoms with Crippen LogP contribution in [0.1, 0.15) is 0 Å². The van der Waals surface area contributed by atoms with E-state index >= 15 is 0 Å². The van der Waals surface area contributed by atoms with Gasteiger partial charge in [0.2, 0.25) is 0 Å². The van der Waals surface area contributed by atoms with Crippen molar-refractivity contribution < 1.29 is 0 Å². The minimum Gasteiger partial charge on any atom is -0.301 e. The van der Waals surface area contributed by atoms with Crippen LogP contribution in [0.5, 0.6) is 0 Å².